The third kappa shape index (κ3) is 2.71. The molecule has 0 radical (unpaired) electrons. The summed E-state index contributed by atoms with van der Waals surface area (Å²) in [7, 11) is 1.74. The zero-order chi connectivity index (χ0) is 13.1. The average molecular weight is 261 g/mol. The summed E-state index contributed by atoms with van der Waals surface area (Å²) in [6.45, 7) is 2.45. The van der Waals surface area contributed by atoms with Crippen LogP contribution in [-0.4, -0.2) is 23.0 Å². The Kier molecular flexibility index (Phi) is 3.67. The van der Waals surface area contributed by atoms with Gasteiger partial charge >= 0.3 is 0 Å². The molecule has 0 aliphatic heterocycles. The highest BCUT2D eigenvalue weighted by Gasteiger charge is 2.16. The van der Waals surface area contributed by atoms with Gasteiger partial charge in [0.15, 0.2) is 0 Å². The first-order chi connectivity index (χ1) is 8.58. The van der Waals surface area contributed by atoms with Crippen LogP contribution in [0.15, 0.2) is 35.0 Å². The second-order valence-electron chi connectivity index (χ2n) is 4.31. The molecule has 0 aliphatic rings. The molecule has 4 heteroatoms. The molecular formula is C14H15NO2S. The van der Waals surface area contributed by atoms with Gasteiger partial charge in [0.25, 0.3) is 5.91 Å². The lowest BCUT2D eigenvalue weighted by molar-refractivity contribution is 0.0782. The van der Waals surface area contributed by atoms with Crippen LogP contribution in [0.25, 0.3) is 0 Å². The van der Waals surface area contributed by atoms with Crippen molar-refractivity contribution in [1.82, 2.24) is 4.90 Å². The van der Waals surface area contributed by atoms with E-state index in [9.17, 15) is 9.90 Å². The second kappa shape index (κ2) is 5.23. The molecule has 0 fully saturated rings. The Balaban J connectivity index is 2.17. The molecule has 0 spiro atoms. The first-order valence-electron chi connectivity index (χ1n) is 5.64. The summed E-state index contributed by atoms with van der Waals surface area (Å²) in [5, 5.41) is 13.7. The molecule has 0 saturated carbocycles. The first-order valence-corrected chi connectivity index (χ1v) is 6.58. The third-order valence-electron chi connectivity index (χ3n) is 2.73. The number of thiophene rings is 1. The third-order valence-corrected chi connectivity index (χ3v) is 3.46. The fourth-order valence-corrected chi connectivity index (χ4v) is 2.41. The van der Waals surface area contributed by atoms with Crippen LogP contribution in [0, 0.1) is 6.92 Å². The maximum atomic E-state index is 12.2. The summed E-state index contributed by atoms with van der Waals surface area (Å²) >= 11 is 1.61. The zero-order valence-corrected chi connectivity index (χ0v) is 11.2. The van der Waals surface area contributed by atoms with Gasteiger partial charge in [-0.05, 0) is 41.4 Å². The highest BCUT2D eigenvalue weighted by molar-refractivity contribution is 7.07. The Labute approximate surface area is 110 Å². The maximum absolute atomic E-state index is 12.2. The molecule has 0 unspecified atom stereocenters. The van der Waals surface area contributed by atoms with E-state index in [1.165, 1.54) is 0 Å². The van der Waals surface area contributed by atoms with Gasteiger partial charge in [0.2, 0.25) is 0 Å². The van der Waals surface area contributed by atoms with E-state index < -0.39 is 0 Å². The normalized spacial score (nSPS) is 10.3. The van der Waals surface area contributed by atoms with Gasteiger partial charge in [0, 0.05) is 13.6 Å². The Bertz CT molecular complexity index is 549. The molecule has 2 aromatic rings. The fourth-order valence-electron chi connectivity index (χ4n) is 1.76. The first kappa shape index (κ1) is 12.6. The van der Waals surface area contributed by atoms with Crippen molar-refractivity contribution in [2.45, 2.75) is 13.5 Å². The largest absolute Gasteiger partial charge is 0.507 e. The molecule has 94 valence electrons. The summed E-state index contributed by atoms with van der Waals surface area (Å²) in [5.74, 6) is -0.134. The lowest BCUT2D eigenvalue weighted by Crippen LogP contribution is -2.26. The van der Waals surface area contributed by atoms with Crippen molar-refractivity contribution in [2.24, 2.45) is 0 Å². The van der Waals surface area contributed by atoms with Gasteiger partial charge in [-0.15, -0.1) is 0 Å². The summed E-state index contributed by atoms with van der Waals surface area (Å²) in [4.78, 5) is 13.8. The SMILES string of the molecule is Cc1ccc(O)c(C(=O)N(C)Cc2ccsc2)c1. The Hall–Kier alpha value is -1.81. The van der Waals surface area contributed by atoms with Gasteiger partial charge in [0.1, 0.15) is 5.75 Å². The molecule has 0 atom stereocenters. The number of carbonyl (C=O) groups is 1. The molecule has 1 aromatic heterocycles. The van der Waals surface area contributed by atoms with Gasteiger partial charge < -0.3 is 10.0 Å². The van der Waals surface area contributed by atoms with Gasteiger partial charge in [-0.25, -0.2) is 0 Å². The van der Waals surface area contributed by atoms with E-state index in [0.717, 1.165) is 11.1 Å². The van der Waals surface area contributed by atoms with Crippen molar-refractivity contribution >= 4 is 17.2 Å². The number of benzene rings is 1. The minimum absolute atomic E-state index is 0.0303. The number of phenolic OH excluding ortho intramolecular Hbond substituents is 1. The van der Waals surface area contributed by atoms with Crippen LogP contribution in [0.1, 0.15) is 21.5 Å². The van der Waals surface area contributed by atoms with Crippen molar-refractivity contribution in [1.29, 1.82) is 0 Å². The van der Waals surface area contributed by atoms with Gasteiger partial charge in [-0.1, -0.05) is 11.6 Å². The number of hydrogen-bond acceptors (Lipinski definition) is 3. The summed E-state index contributed by atoms with van der Waals surface area (Å²) in [5.41, 5.74) is 2.41. The maximum Gasteiger partial charge on any atom is 0.257 e. The molecule has 1 aromatic carbocycles. The van der Waals surface area contributed by atoms with E-state index in [-0.39, 0.29) is 11.7 Å². The van der Waals surface area contributed by atoms with Crippen LogP contribution < -0.4 is 0 Å². The Morgan fingerprint density at radius 1 is 1.39 bits per heavy atom. The summed E-state index contributed by atoms with van der Waals surface area (Å²) in [6.07, 6.45) is 0. The highest BCUT2D eigenvalue weighted by atomic mass is 32.1. The van der Waals surface area contributed by atoms with E-state index >= 15 is 0 Å². The van der Waals surface area contributed by atoms with E-state index in [2.05, 4.69) is 0 Å². The van der Waals surface area contributed by atoms with Crippen LogP contribution in [0.3, 0.4) is 0 Å². The van der Waals surface area contributed by atoms with E-state index in [1.54, 1.807) is 41.5 Å². The van der Waals surface area contributed by atoms with Crippen molar-refractivity contribution in [3.05, 3.63) is 51.7 Å². The van der Waals surface area contributed by atoms with Crippen LogP contribution in [0.2, 0.25) is 0 Å². The number of amides is 1. The molecule has 1 N–H and O–H groups in total. The van der Waals surface area contributed by atoms with E-state index in [1.807, 2.05) is 23.8 Å². The predicted octanol–water partition coefficient (Wildman–Crippen LogP) is 3.03. The highest BCUT2D eigenvalue weighted by Crippen LogP contribution is 2.20. The quantitative estimate of drug-likeness (QED) is 0.922. The van der Waals surface area contributed by atoms with Crippen molar-refractivity contribution in [3.63, 3.8) is 0 Å². The number of aromatic hydroxyl groups is 1. The number of hydrogen-bond donors (Lipinski definition) is 1. The Morgan fingerprint density at radius 2 is 2.17 bits per heavy atom. The molecule has 1 heterocycles. The number of rotatable bonds is 3. The van der Waals surface area contributed by atoms with Crippen molar-refractivity contribution in [2.75, 3.05) is 7.05 Å². The van der Waals surface area contributed by atoms with Gasteiger partial charge in [-0.3, -0.25) is 4.79 Å². The van der Waals surface area contributed by atoms with Crippen molar-refractivity contribution < 1.29 is 9.90 Å². The van der Waals surface area contributed by atoms with Crippen LogP contribution in [-0.2, 0) is 6.54 Å². The molecule has 2 rings (SSSR count). The standard InChI is InChI=1S/C14H15NO2S/c1-10-3-4-13(16)12(7-10)14(17)15(2)8-11-5-6-18-9-11/h3-7,9,16H,8H2,1-2H3. The molecule has 0 bridgehead atoms. The smallest absolute Gasteiger partial charge is 0.257 e. The zero-order valence-electron chi connectivity index (χ0n) is 10.4. The summed E-state index contributed by atoms with van der Waals surface area (Å²) in [6, 6.07) is 7.04. The monoisotopic (exact) mass is 261 g/mol. The topological polar surface area (TPSA) is 40.5 Å². The lowest BCUT2D eigenvalue weighted by atomic mass is 10.1. The number of aryl methyl sites for hydroxylation is 1. The van der Waals surface area contributed by atoms with Crippen LogP contribution in [0.5, 0.6) is 5.75 Å². The molecule has 0 saturated heterocycles. The summed E-state index contributed by atoms with van der Waals surface area (Å²) < 4.78 is 0. The number of nitrogens with zero attached hydrogens (tertiary/aromatic N) is 1. The lowest BCUT2D eigenvalue weighted by Gasteiger charge is -2.17. The van der Waals surface area contributed by atoms with Crippen LogP contribution >= 0.6 is 11.3 Å². The van der Waals surface area contributed by atoms with E-state index in [4.69, 9.17) is 0 Å². The average Bonchev–Trinajstić information content (AvgIpc) is 2.84. The second-order valence-corrected chi connectivity index (χ2v) is 5.09. The van der Waals surface area contributed by atoms with Gasteiger partial charge in [-0.2, -0.15) is 11.3 Å². The molecule has 0 aliphatic carbocycles. The van der Waals surface area contributed by atoms with E-state index in [0.29, 0.717) is 12.1 Å². The minimum Gasteiger partial charge on any atom is -0.507 e. The fraction of sp³-hybridized carbons (Fsp3) is 0.214. The molecule has 1 amide bonds. The number of carbonyl (C=O) groups excluding carboxylic acids is 1. The Morgan fingerprint density at radius 3 is 2.83 bits per heavy atom. The molecular weight excluding hydrogens is 246 g/mol. The predicted molar refractivity (Wildman–Crippen MR) is 73.0 cm³/mol. The van der Waals surface area contributed by atoms with Crippen molar-refractivity contribution in [3.8, 4) is 5.75 Å². The van der Waals surface area contributed by atoms with Gasteiger partial charge in [0.05, 0.1) is 5.56 Å². The minimum atomic E-state index is -0.164. The molecule has 18 heavy (non-hydrogen) atoms. The van der Waals surface area contributed by atoms with Crippen LogP contribution in [0.4, 0.5) is 0 Å². The number of phenols is 1. The molecule has 3 nitrogen and oxygen atoms in total.